The maximum absolute atomic E-state index is 11.9. The summed E-state index contributed by atoms with van der Waals surface area (Å²) in [6.45, 7) is 2.23. The van der Waals surface area contributed by atoms with E-state index in [1.54, 1.807) is 18.2 Å². The van der Waals surface area contributed by atoms with Crippen LogP contribution < -0.4 is 10.2 Å². The normalized spacial score (nSPS) is 10.7. The molecule has 120 valence electrons. The molecule has 0 spiro atoms. The molecular formula is C16H15BrN2O4. The third-order valence-electron chi connectivity index (χ3n) is 2.87. The SMILES string of the molecule is CCOc1cc(/C=N/NC(=O)c2ccc(Br)cc2O)ccc1O. The molecule has 0 aliphatic rings. The number of hydrogen-bond acceptors (Lipinski definition) is 5. The van der Waals surface area contributed by atoms with Crippen molar-refractivity contribution in [2.45, 2.75) is 6.92 Å². The molecule has 0 atom stereocenters. The van der Waals surface area contributed by atoms with E-state index >= 15 is 0 Å². The van der Waals surface area contributed by atoms with Gasteiger partial charge in [-0.05, 0) is 48.9 Å². The molecule has 0 radical (unpaired) electrons. The van der Waals surface area contributed by atoms with E-state index in [9.17, 15) is 15.0 Å². The Kier molecular flexibility index (Phi) is 5.59. The quantitative estimate of drug-likeness (QED) is 0.550. The summed E-state index contributed by atoms with van der Waals surface area (Å²) >= 11 is 3.20. The van der Waals surface area contributed by atoms with Crippen molar-refractivity contribution in [2.75, 3.05) is 6.61 Å². The Morgan fingerprint density at radius 3 is 2.74 bits per heavy atom. The molecule has 0 aliphatic heterocycles. The number of halogens is 1. The second-order valence-electron chi connectivity index (χ2n) is 4.52. The summed E-state index contributed by atoms with van der Waals surface area (Å²) in [4.78, 5) is 11.9. The first-order valence-electron chi connectivity index (χ1n) is 6.79. The highest BCUT2D eigenvalue weighted by molar-refractivity contribution is 9.10. The topological polar surface area (TPSA) is 91.2 Å². The highest BCUT2D eigenvalue weighted by atomic mass is 79.9. The summed E-state index contributed by atoms with van der Waals surface area (Å²) < 4.78 is 5.93. The van der Waals surface area contributed by atoms with Gasteiger partial charge in [-0.15, -0.1) is 0 Å². The molecule has 1 amide bonds. The van der Waals surface area contributed by atoms with Crippen LogP contribution in [0.1, 0.15) is 22.8 Å². The molecule has 6 nitrogen and oxygen atoms in total. The number of nitrogens with zero attached hydrogens (tertiary/aromatic N) is 1. The van der Waals surface area contributed by atoms with Crippen molar-refractivity contribution in [3.63, 3.8) is 0 Å². The van der Waals surface area contributed by atoms with E-state index in [2.05, 4.69) is 26.5 Å². The lowest BCUT2D eigenvalue weighted by atomic mass is 10.2. The molecule has 3 N–H and O–H groups in total. The molecule has 0 saturated carbocycles. The number of nitrogens with one attached hydrogen (secondary N) is 1. The average Bonchev–Trinajstić information content (AvgIpc) is 2.50. The second kappa shape index (κ2) is 7.64. The number of aromatic hydroxyl groups is 2. The molecule has 0 fully saturated rings. The zero-order valence-electron chi connectivity index (χ0n) is 12.3. The number of phenolic OH excluding ortho intramolecular Hbond substituents is 2. The van der Waals surface area contributed by atoms with Gasteiger partial charge in [0.15, 0.2) is 11.5 Å². The van der Waals surface area contributed by atoms with Gasteiger partial charge >= 0.3 is 0 Å². The van der Waals surface area contributed by atoms with Crippen molar-refractivity contribution in [1.82, 2.24) is 5.43 Å². The summed E-state index contributed by atoms with van der Waals surface area (Å²) in [6.07, 6.45) is 1.41. The Labute approximate surface area is 141 Å². The number of hydrogen-bond donors (Lipinski definition) is 3. The van der Waals surface area contributed by atoms with Gasteiger partial charge in [-0.1, -0.05) is 15.9 Å². The van der Waals surface area contributed by atoms with Gasteiger partial charge in [-0.25, -0.2) is 5.43 Å². The van der Waals surface area contributed by atoms with Gasteiger partial charge < -0.3 is 14.9 Å². The minimum absolute atomic E-state index is 0.0350. The Balaban J connectivity index is 2.06. The predicted octanol–water partition coefficient (Wildman–Crippen LogP) is 3.02. The van der Waals surface area contributed by atoms with Gasteiger partial charge in [-0.3, -0.25) is 4.79 Å². The van der Waals surface area contributed by atoms with Crippen molar-refractivity contribution < 1.29 is 19.7 Å². The fourth-order valence-corrected chi connectivity index (χ4v) is 2.15. The molecule has 23 heavy (non-hydrogen) atoms. The molecule has 0 aromatic heterocycles. The summed E-state index contributed by atoms with van der Waals surface area (Å²) in [7, 11) is 0. The van der Waals surface area contributed by atoms with Gasteiger partial charge in [0.25, 0.3) is 5.91 Å². The van der Waals surface area contributed by atoms with Gasteiger partial charge in [0.1, 0.15) is 5.75 Å². The highest BCUT2D eigenvalue weighted by Crippen LogP contribution is 2.26. The molecule has 2 aromatic rings. The van der Waals surface area contributed by atoms with Crippen LogP contribution in [0.15, 0.2) is 46.0 Å². The van der Waals surface area contributed by atoms with Crippen LogP contribution in [-0.4, -0.2) is 28.9 Å². The van der Waals surface area contributed by atoms with Crippen LogP contribution in [0.5, 0.6) is 17.2 Å². The van der Waals surface area contributed by atoms with E-state index in [0.717, 1.165) is 0 Å². The monoisotopic (exact) mass is 378 g/mol. The van der Waals surface area contributed by atoms with Crippen LogP contribution in [0.25, 0.3) is 0 Å². The van der Waals surface area contributed by atoms with Crippen LogP contribution in [0, 0.1) is 0 Å². The Morgan fingerprint density at radius 1 is 1.26 bits per heavy atom. The molecule has 2 rings (SSSR count). The number of carbonyl (C=O) groups is 1. The van der Waals surface area contributed by atoms with Crippen LogP contribution in [0.3, 0.4) is 0 Å². The third-order valence-corrected chi connectivity index (χ3v) is 3.36. The lowest BCUT2D eigenvalue weighted by Gasteiger charge is -2.06. The lowest BCUT2D eigenvalue weighted by Crippen LogP contribution is -2.17. The minimum atomic E-state index is -0.532. The van der Waals surface area contributed by atoms with Crippen LogP contribution in [0.4, 0.5) is 0 Å². The summed E-state index contributed by atoms with van der Waals surface area (Å²) in [5.74, 6) is -0.299. The number of amides is 1. The van der Waals surface area contributed by atoms with Crippen molar-refractivity contribution >= 4 is 28.1 Å². The van der Waals surface area contributed by atoms with Crippen LogP contribution in [-0.2, 0) is 0 Å². The Morgan fingerprint density at radius 2 is 2.04 bits per heavy atom. The largest absolute Gasteiger partial charge is 0.507 e. The van der Waals surface area contributed by atoms with Gasteiger partial charge in [0, 0.05) is 4.47 Å². The maximum Gasteiger partial charge on any atom is 0.275 e. The van der Waals surface area contributed by atoms with Crippen LogP contribution in [0.2, 0.25) is 0 Å². The molecule has 0 unspecified atom stereocenters. The molecule has 0 heterocycles. The summed E-state index contributed by atoms with van der Waals surface area (Å²) in [5, 5.41) is 23.2. The zero-order chi connectivity index (χ0) is 16.8. The summed E-state index contributed by atoms with van der Waals surface area (Å²) in [5.41, 5.74) is 3.09. The highest BCUT2D eigenvalue weighted by Gasteiger charge is 2.10. The van der Waals surface area contributed by atoms with Crippen molar-refractivity contribution in [3.05, 3.63) is 52.0 Å². The molecule has 7 heteroatoms. The maximum atomic E-state index is 11.9. The fourth-order valence-electron chi connectivity index (χ4n) is 1.80. The van der Waals surface area contributed by atoms with Gasteiger partial charge in [0.05, 0.1) is 18.4 Å². The minimum Gasteiger partial charge on any atom is -0.507 e. The van der Waals surface area contributed by atoms with Crippen molar-refractivity contribution in [1.29, 1.82) is 0 Å². The van der Waals surface area contributed by atoms with E-state index in [-0.39, 0.29) is 17.1 Å². The van der Waals surface area contributed by atoms with E-state index < -0.39 is 5.91 Å². The second-order valence-corrected chi connectivity index (χ2v) is 5.44. The van der Waals surface area contributed by atoms with Crippen molar-refractivity contribution in [3.8, 4) is 17.2 Å². The van der Waals surface area contributed by atoms with Gasteiger partial charge in [-0.2, -0.15) is 5.10 Å². The molecular weight excluding hydrogens is 364 g/mol. The fraction of sp³-hybridized carbons (Fsp3) is 0.125. The first-order chi connectivity index (χ1) is 11.0. The number of rotatable bonds is 5. The molecule has 0 aliphatic carbocycles. The number of hydrazone groups is 1. The predicted molar refractivity (Wildman–Crippen MR) is 90.1 cm³/mol. The molecule has 0 bridgehead atoms. The van der Waals surface area contributed by atoms with Gasteiger partial charge in [0.2, 0.25) is 0 Å². The smallest absolute Gasteiger partial charge is 0.275 e. The zero-order valence-corrected chi connectivity index (χ0v) is 13.9. The number of phenols is 2. The molecule has 0 saturated heterocycles. The Hall–Kier alpha value is -2.54. The number of benzene rings is 2. The van der Waals surface area contributed by atoms with Crippen molar-refractivity contribution in [2.24, 2.45) is 5.10 Å². The number of carbonyl (C=O) groups excluding carboxylic acids is 1. The first-order valence-corrected chi connectivity index (χ1v) is 7.58. The van der Waals surface area contributed by atoms with E-state index in [0.29, 0.717) is 22.4 Å². The first kappa shape index (κ1) is 16.8. The average molecular weight is 379 g/mol. The number of ether oxygens (including phenoxy) is 1. The lowest BCUT2D eigenvalue weighted by molar-refractivity contribution is 0.0952. The van der Waals surface area contributed by atoms with E-state index in [1.165, 1.54) is 24.4 Å². The summed E-state index contributed by atoms with van der Waals surface area (Å²) in [6, 6.07) is 9.27. The standard InChI is InChI=1S/C16H15BrN2O4/c1-2-23-15-7-10(3-6-13(15)20)9-18-19-16(22)12-5-4-11(17)8-14(12)21/h3-9,20-21H,2H2,1H3,(H,19,22)/b18-9+. The third kappa shape index (κ3) is 4.46. The Bertz CT molecular complexity index is 747. The van der Waals surface area contributed by atoms with E-state index in [1.807, 2.05) is 6.92 Å². The molecule has 2 aromatic carbocycles. The van der Waals surface area contributed by atoms with E-state index in [4.69, 9.17) is 4.74 Å². The van der Waals surface area contributed by atoms with Crippen LogP contribution >= 0.6 is 15.9 Å².